The minimum absolute atomic E-state index is 0.165. The molecule has 1 aliphatic heterocycles. The van der Waals surface area contributed by atoms with E-state index in [4.69, 9.17) is 9.97 Å². The smallest absolute Gasteiger partial charge is 0.184 e. The highest BCUT2D eigenvalue weighted by molar-refractivity contribution is 5.83. The van der Waals surface area contributed by atoms with Gasteiger partial charge in [0.2, 0.25) is 0 Å². The van der Waals surface area contributed by atoms with Crippen LogP contribution in [0.15, 0.2) is 0 Å². The van der Waals surface area contributed by atoms with Crippen LogP contribution in [0.5, 0.6) is 0 Å². The first kappa shape index (κ1) is 19.2. The molecule has 0 unspecified atom stereocenters. The van der Waals surface area contributed by atoms with Gasteiger partial charge in [-0.2, -0.15) is 0 Å². The van der Waals surface area contributed by atoms with E-state index in [-0.39, 0.29) is 12.0 Å². The highest BCUT2D eigenvalue weighted by Crippen LogP contribution is 2.35. The summed E-state index contributed by atoms with van der Waals surface area (Å²) in [6.45, 7) is 6.90. The van der Waals surface area contributed by atoms with Crippen LogP contribution in [-0.4, -0.2) is 80.7 Å². The molecule has 1 aliphatic carbocycles. The Morgan fingerprint density at radius 3 is 2.57 bits per heavy atom. The Morgan fingerprint density at radius 2 is 1.87 bits per heavy atom. The third kappa shape index (κ3) is 3.19. The summed E-state index contributed by atoms with van der Waals surface area (Å²) in [4.78, 5) is 11.5. The molecule has 0 radical (unpaired) electrons. The van der Waals surface area contributed by atoms with Crippen LogP contribution in [0.3, 0.4) is 0 Å². The van der Waals surface area contributed by atoms with Crippen molar-refractivity contribution in [2.45, 2.75) is 70.2 Å². The molecule has 160 valence electrons. The van der Waals surface area contributed by atoms with E-state index in [2.05, 4.69) is 25.8 Å². The molecule has 2 atom stereocenters. The average molecular weight is 414 g/mol. The van der Waals surface area contributed by atoms with Gasteiger partial charge in [0.05, 0.1) is 24.8 Å². The first-order chi connectivity index (χ1) is 14.4. The first-order valence-corrected chi connectivity index (χ1v) is 10.3. The molecule has 1 saturated carbocycles. The number of hydrogen-bond acceptors (Lipinski definition) is 10. The van der Waals surface area contributed by atoms with E-state index in [9.17, 15) is 10.2 Å². The molecule has 3 aromatic rings. The number of nitrogens with zero attached hydrogens (tertiary/aromatic N) is 10. The fourth-order valence-corrected chi connectivity index (χ4v) is 3.86. The Labute approximate surface area is 172 Å². The third-order valence-corrected chi connectivity index (χ3v) is 5.73. The maximum Gasteiger partial charge on any atom is 0.184 e. The highest BCUT2D eigenvalue weighted by atomic mass is 16.3. The molecule has 0 bridgehead atoms. The van der Waals surface area contributed by atoms with Gasteiger partial charge in [0, 0.05) is 12.0 Å². The highest BCUT2D eigenvalue weighted by Gasteiger charge is 2.36. The van der Waals surface area contributed by atoms with E-state index in [1.54, 1.807) is 4.68 Å². The van der Waals surface area contributed by atoms with Gasteiger partial charge in [0.1, 0.15) is 12.4 Å². The van der Waals surface area contributed by atoms with E-state index in [0.717, 1.165) is 12.8 Å². The van der Waals surface area contributed by atoms with Crippen molar-refractivity contribution in [2.75, 3.05) is 18.1 Å². The van der Waals surface area contributed by atoms with Crippen molar-refractivity contribution in [2.24, 2.45) is 0 Å². The van der Waals surface area contributed by atoms with Gasteiger partial charge in [-0.05, 0) is 29.7 Å². The Morgan fingerprint density at radius 1 is 1.07 bits per heavy atom. The van der Waals surface area contributed by atoms with Crippen molar-refractivity contribution in [3.63, 3.8) is 0 Å². The number of anilines is 1. The molecule has 2 fully saturated rings. The second-order valence-electron chi connectivity index (χ2n) is 9.11. The summed E-state index contributed by atoms with van der Waals surface area (Å²) in [7, 11) is 0. The van der Waals surface area contributed by atoms with Gasteiger partial charge in [-0.15, -0.1) is 10.2 Å². The standard InChI is InChI=1S/C18H26N10O2/c1-18(2,3)17-19-15(26-7-6-12(30)11(26)9-29)14-16(20-17)27(24-22-14)8-13-21-23-25-28(13)10-4-5-10/h10-12,29-30H,4-9H2,1-3H3/t11-,12-/m0/s1. The van der Waals surface area contributed by atoms with Gasteiger partial charge in [-0.25, -0.2) is 19.3 Å². The van der Waals surface area contributed by atoms with Crippen molar-refractivity contribution in [1.82, 2.24) is 45.2 Å². The fourth-order valence-electron chi connectivity index (χ4n) is 3.86. The predicted octanol–water partition coefficient (Wildman–Crippen LogP) is -0.180. The summed E-state index contributed by atoms with van der Waals surface area (Å²) in [6, 6.07) is -0.0697. The number of aliphatic hydroxyl groups is 2. The fraction of sp³-hybridized carbons (Fsp3) is 0.722. The molecule has 0 spiro atoms. The average Bonchev–Trinajstić information content (AvgIpc) is 3.13. The quantitative estimate of drug-likeness (QED) is 0.577. The first-order valence-electron chi connectivity index (χ1n) is 10.3. The minimum Gasteiger partial charge on any atom is -0.394 e. The zero-order chi connectivity index (χ0) is 21.0. The van der Waals surface area contributed by atoms with E-state index < -0.39 is 12.1 Å². The number of hydrogen-bond donors (Lipinski definition) is 2. The molecular formula is C18H26N10O2. The Hall–Kier alpha value is -2.73. The van der Waals surface area contributed by atoms with Crippen LogP contribution >= 0.6 is 0 Å². The van der Waals surface area contributed by atoms with E-state index in [1.807, 2.05) is 30.4 Å². The summed E-state index contributed by atoms with van der Waals surface area (Å²) in [6.07, 6.45) is 2.11. The summed E-state index contributed by atoms with van der Waals surface area (Å²) in [5.41, 5.74) is 0.829. The lowest BCUT2D eigenvalue weighted by Gasteiger charge is -2.27. The molecule has 4 heterocycles. The van der Waals surface area contributed by atoms with Crippen molar-refractivity contribution in [3.8, 4) is 0 Å². The van der Waals surface area contributed by atoms with Crippen LogP contribution in [-0.2, 0) is 12.0 Å². The van der Waals surface area contributed by atoms with Crippen LogP contribution in [0, 0.1) is 0 Å². The van der Waals surface area contributed by atoms with Crippen LogP contribution in [0.25, 0.3) is 11.2 Å². The summed E-state index contributed by atoms with van der Waals surface area (Å²) >= 11 is 0. The number of rotatable bonds is 5. The van der Waals surface area contributed by atoms with Crippen LogP contribution in [0.2, 0.25) is 0 Å². The monoisotopic (exact) mass is 414 g/mol. The maximum atomic E-state index is 10.3. The number of tetrazole rings is 1. The van der Waals surface area contributed by atoms with Crippen molar-refractivity contribution < 1.29 is 10.2 Å². The molecule has 2 N–H and O–H groups in total. The molecule has 1 saturated heterocycles. The van der Waals surface area contributed by atoms with Crippen molar-refractivity contribution in [1.29, 1.82) is 0 Å². The lowest BCUT2D eigenvalue weighted by atomic mass is 9.95. The van der Waals surface area contributed by atoms with Crippen LogP contribution < -0.4 is 4.90 Å². The Balaban J connectivity index is 1.61. The predicted molar refractivity (Wildman–Crippen MR) is 106 cm³/mol. The molecular weight excluding hydrogens is 388 g/mol. The molecule has 12 heteroatoms. The van der Waals surface area contributed by atoms with Gasteiger partial charge in [0.25, 0.3) is 0 Å². The number of fused-ring (bicyclic) bond motifs is 1. The van der Waals surface area contributed by atoms with Crippen LogP contribution in [0.4, 0.5) is 5.82 Å². The topological polar surface area (TPSA) is 144 Å². The van der Waals surface area contributed by atoms with Crippen LogP contribution in [0.1, 0.15) is 57.7 Å². The normalized spacial score (nSPS) is 22.4. The summed E-state index contributed by atoms with van der Waals surface area (Å²) < 4.78 is 3.54. The zero-order valence-electron chi connectivity index (χ0n) is 17.3. The van der Waals surface area contributed by atoms with Gasteiger partial charge in [0.15, 0.2) is 22.8 Å². The molecule has 0 aromatic carbocycles. The summed E-state index contributed by atoms with van der Waals surface area (Å²) in [5.74, 6) is 1.95. The van der Waals surface area contributed by atoms with E-state index in [0.29, 0.717) is 54.2 Å². The molecule has 5 rings (SSSR count). The van der Waals surface area contributed by atoms with Gasteiger partial charge in [-0.1, -0.05) is 26.0 Å². The Kier molecular flexibility index (Phi) is 4.43. The second-order valence-corrected chi connectivity index (χ2v) is 9.11. The largest absolute Gasteiger partial charge is 0.394 e. The third-order valence-electron chi connectivity index (χ3n) is 5.73. The molecule has 2 aliphatic rings. The van der Waals surface area contributed by atoms with Gasteiger partial charge in [-0.3, -0.25) is 0 Å². The van der Waals surface area contributed by atoms with E-state index >= 15 is 0 Å². The van der Waals surface area contributed by atoms with Gasteiger partial charge >= 0.3 is 0 Å². The van der Waals surface area contributed by atoms with E-state index in [1.165, 1.54) is 0 Å². The Bertz CT molecular complexity index is 1070. The second kappa shape index (κ2) is 6.91. The number of aliphatic hydroxyl groups excluding tert-OH is 2. The molecule has 12 nitrogen and oxygen atoms in total. The molecule has 0 amide bonds. The lowest BCUT2D eigenvalue weighted by Crippen LogP contribution is -2.39. The van der Waals surface area contributed by atoms with Gasteiger partial charge < -0.3 is 15.1 Å². The molecule has 3 aromatic heterocycles. The van der Waals surface area contributed by atoms with Crippen molar-refractivity contribution >= 4 is 17.0 Å². The minimum atomic E-state index is -0.615. The summed E-state index contributed by atoms with van der Waals surface area (Å²) in [5, 5.41) is 40.9. The molecule has 30 heavy (non-hydrogen) atoms. The zero-order valence-corrected chi connectivity index (χ0v) is 17.3. The lowest BCUT2D eigenvalue weighted by molar-refractivity contribution is 0.128. The van der Waals surface area contributed by atoms with Crippen molar-refractivity contribution in [3.05, 3.63) is 11.6 Å². The SMILES string of the molecule is CC(C)(C)c1nc(N2CC[C@H](O)[C@@H]2CO)c2nnn(Cc3nnnn3C3CC3)c2n1. The number of aromatic nitrogens is 9. The maximum absolute atomic E-state index is 10.3.